The van der Waals surface area contributed by atoms with E-state index in [9.17, 15) is 22.8 Å². The smallest absolute Gasteiger partial charge is 0.416 e. The number of amides is 2. The van der Waals surface area contributed by atoms with Crippen molar-refractivity contribution in [2.45, 2.75) is 6.18 Å². The van der Waals surface area contributed by atoms with Gasteiger partial charge in [0.2, 0.25) is 0 Å². The number of nitrogens with one attached hydrogen (secondary N) is 2. The lowest BCUT2D eigenvalue weighted by molar-refractivity contribution is -0.137. The number of ether oxygens (including phenoxy) is 1. The summed E-state index contributed by atoms with van der Waals surface area (Å²) in [5, 5.41) is 6.05. The molecule has 0 aliphatic carbocycles. The maximum Gasteiger partial charge on any atom is 0.416 e. The summed E-state index contributed by atoms with van der Waals surface area (Å²) in [7, 11) is 1.50. The number of halogens is 3. The van der Waals surface area contributed by atoms with E-state index in [2.05, 4.69) is 15.8 Å². The van der Waals surface area contributed by atoms with Crippen molar-refractivity contribution in [3.63, 3.8) is 0 Å². The Morgan fingerprint density at radius 2 is 1.70 bits per heavy atom. The van der Waals surface area contributed by atoms with Crippen molar-refractivity contribution >= 4 is 18.0 Å². The molecule has 0 saturated heterocycles. The molecule has 2 amide bonds. The Balaban J connectivity index is 1.79. The first-order valence-electron chi connectivity index (χ1n) is 7.71. The minimum absolute atomic E-state index is 0.310. The molecule has 0 unspecified atom stereocenters. The second kappa shape index (κ2) is 8.84. The lowest BCUT2D eigenvalue weighted by atomic mass is 10.1. The molecule has 0 radical (unpaired) electrons. The fraction of sp³-hybridized carbons (Fsp3) is 0.167. The summed E-state index contributed by atoms with van der Waals surface area (Å²) in [6.45, 7) is -0.310. The van der Waals surface area contributed by atoms with Crippen LogP contribution in [0.4, 0.5) is 13.2 Å². The van der Waals surface area contributed by atoms with Crippen LogP contribution in [0.3, 0.4) is 0 Å². The summed E-state index contributed by atoms with van der Waals surface area (Å²) in [6, 6.07) is 10.6. The van der Waals surface area contributed by atoms with Gasteiger partial charge in [-0.2, -0.15) is 18.3 Å². The van der Waals surface area contributed by atoms with Crippen molar-refractivity contribution in [1.82, 2.24) is 10.7 Å². The maximum atomic E-state index is 12.5. The summed E-state index contributed by atoms with van der Waals surface area (Å²) >= 11 is 0. The van der Waals surface area contributed by atoms with Gasteiger partial charge in [-0.3, -0.25) is 9.59 Å². The summed E-state index contributed by atoms with van der Waals surface area (Å²) in [6.07, 6.45) is -3.21. The number of benzene rings is 2. The zero-order valence-corrected chi connectivity index (χ0v) is 14.2. The summed E-state index contributed by atoms with van der Waals surface area (Å²) in [4.78, 5) is 23.5. The van der Waals surface area contributed by atoms with Gasteiger partial charge in [-0.1, -0.05) is 12.1 Å². The van der Waals surface area contributed by atoms with E-state index in [1.165, 1.54) is 25.5 Å². The van der Waals surface area contributed by atoms with Crippen LogP contribution in [-0.2, 0) is 11.0 Å². The van der Waals surface area contributed by atoms with Crippen molar-refractivity contribution in [1.29, 1.82) is 0 Å². The molecule has 0 aliphatic heterocycles. The van der Waals surface area contributed by atoms with Gasteiger partial charge < -0.3 is 10.1 Å². The Hall–Kier alpha value is -3.36. The fourth-order valence-corrected chi connectivity index (χ4v) is 1.98. The topological polar surface area (TPSA) is 79.8 Å². The number of carbonyl (C=O) groups excluding carboxylic acids is 2. The monoisotopic (exact) mass is 379 g/mol. The molecule has 0 aliphatic rings. The van der Waals surface area contributed by atoms with Gasteiger partial charge in [-0.05, 0) is 42.0 Å². The number of methoxy groups -OCH3 is 1. The first kappa shape index (κ1) is 20.0. The standard InChI is InChI=1S/C18H16F3N3O3/c1-27-15-8-4-13(5-9-15)17(26)22-11-16(25)24-23-10-12-2-6-14(7-3-12)18(19,20)21/h2-10H,11H2,1H3,(H,22,26)(H,24,25)/b23-10-. The highest BCUT2D eigenvalue weighted by Gasteiger charge is 2.29. The number of rotatable bonds is 6. The van der Waals surface area contributed by atoms with Gasteiger partial charge in [-0.15, -0.1) is 0 Å². The molecule has 0 saturated carbocycles. The lowest BCUT2D eigenvalue weighted by Gasteiger charge is -2.06. The van der Waals surface area contributed by atoms with Crippen LogP contribution in [0.1, 0.15) is 21.5 Å². The van der Waals surface area contributed by atoms with Crippen LogP contribution in [0.15, 0.2) is 53.6 Å². The molecule has 0 atom stereocenters. The zero-order chi connectivity index (χ0) is 19.9. The maximum absolute atomic E-state index is 12.5. The molecule has 2 rings (SSSR count). The van der Waals surface area contributed by atoms with Crippen LogP contribution < -0.4 is 15.5 Å². The molecule has 0 heterocycles. The minimum Gasteiger partial charge on any atom is -0.497 e. The Morgan fingerprint density at radius 3 is 2.26 bits per heavy atom. The van der Waals surface area contributed by atoms with Crippen molar-refractivity contribution in [3.8, 4) is 5.75 Å². The van der Waals surface area contributed by atoms with E-state index in [1.807, 2.05) is 0 Å². The molecule has 0 bridgehead atoms. The van der Waals surface area contributed by atoms with Gasteiger partial charge in [0, 0.05) is 5.56 Å². The molecule has 0 spiro atoms. The fourth-order valence-electron chi connectivity index (χ4n) is 1.98. The van der Waals surface area contributed by atoms with E-state index in [4.69, 9.17) is 4.74 Å². The molecule has 6 nitrogen and oxygen atoms in total. The molecule has 9 heteroatoms. The Kier molecular flexibility index (Phi) is 6.53. The van der Waals surface area contributed by atoms with Crippen molar-refractivity contribution in [3.05, 3.63) is 65.2 Å². The van der Waals surface area contributed by atoms with Crippen LogP contribution in [-0.4, -0.2) is 31.7 Å². The summed E-state index contributed by atoms with van der Waals surface area (Å²) in [5.41, 5.74) is 2.14. The molecule has 142 valence electrons. The normalized spacial score (nSPS) is 11.3. The molecule has 2 aromatic rings. The highest BCUT2D eigenvalue weighted by Crippen LogP contribution is 2.28. The molecular weight excluding hydrogens is 363 g/mol. The van der Waals surface area contributed by atoms with Crippen LogP contribution in [0.2, 0.25) is 0 Å². The lowest BCUT2D eigenvalue weighted by Crippen LogP contribution is -2.34. The van der Waals surface area contributed by atoms with E-state index in [1.54, 1.807) is 24.3 Å². The Bertz CT molecular complexity index is 816. The third-order valence-corrected chi connectivity index (χ3v) is 3.40. The van der Waals surface area contributed by atoms with E-state index in [0.29, 0.717) is 16.9 Å². The second-order valence-corrected chi connectivity index (χ2v) is 5.32. The van der Waals surface area contributed by atoms with Gasteiger partial charge >= 0.3 is 6.18 Å². The van der Waals surface area contributed by atoms with E-state index >= 15 is 0 Å². The van der Waals surface area contributed by atoms with Crippen molar-refractivity contribution in [2.75, 3.05) is 13.7 Å². The Morgan fingerprint density at radius 1 is 1.07 bits per heavy atom. The van der Waals surface area contributed by atoms with Crippen LogP contribution in [0, 0.1) is 0 Å². The van der Waals surface area contributed by atoms with Gasteiger partial charge in [0.05, 0.1) is 25.4 Å². The first-order chi connectivity index (χ1) is 12.8. The SMILES string of the molecule is COc1ccc(C(=O)NCC(=O)N/N=C\c2ccc(C(F)(F)F)cc2)cc1. The van der Waals surface area contributed by atoms with Gasteiger partial charge in [0.1, 0.15) is 5.75 Å². The number of alkyl halides is 3. The Labute approximate surface area is 153 Å². The van der Waals surface area contributed by atoms with Crippen LogP contribution in [0.25, 0.3) is 0 Å². The number of nitrogens with zero attached hydrogens (tertiary/aromatic N) is 1. The first-order valence-corrected chi connectivity index (χ1v) is 7.71. The second-order valence-electron chi connectivity index (χ2n) is 5.32. The third-order valence-electron chi connectivity index (χ3n) is 3.40. The molecular formula is C18H16F3N3O3. The van der Waals surface area contributed by atoms with Crippen molar-refractivity contribution in [2.24, 2.45) is 5.10 Å². The quantitative estimate of drug-likeness (QED) is 0.598. The predicted molar refractivity (Wildman–Crippen MR) is 92.5 cm³/mol. The van der Waals surface area contributed by atoms with E-state index in [0.717, 1.165) is 12.1 Å². The number of carbonyl (C=O) groups is 2. The highest BCUT2D eigenvalue weighted by molar-refractivity contribution is 5.96. The third kappa shape index (κ3) is 6.14. The zero-order valence-electron chi connectivity index (χ0n) is 14.2. The largest absolute Gasteiger partial charge is 0.497 e. The summed E-state index contributed by atoms with van der Waals surface area (Å²) < 4.78 is 42.4. The molecule has 0 aromatic heterocycles. The predicted octanol–water partition coefficient (Wildman–Crippen LogP) is 2.59. The van der Waals surface area contributed by atoms with E-state index < -0.39 is 23.6 Å². The molecule has 27 heavy (non-hydrogen) atoms. The van der Waals surface area contributed by atoms with Crippen LogP contribution in [0.5, 0.6) is 5.75 Å². The average molecular weight is 379 g/mol. The van der Waals surface area contributed by atoms with Gasteiger partial charge in [-0.25, -0.2) is 5.43 Å². The minimum atomic E-state index is -4.41. The van der Waals surface area contributed by atoms with E-state index in [-0.39, 0.29) is 6.54 Å². The van der Waals surface area contributed by atoms with Gasteiger partial charge in [0.15, 0.2) is 0 Å². The highest BCUT2D eigenvalue weighted by atomic mass is 19.4. The van der Waals surface area contributed by atoms with Gasteiger partial charge in [0.25, 0.3) is 11.8 Å². The number of hydrogen-bond acceptors (Lipinski definition) is 4. The number of hydrazone groups is 1. The summed E-state index contributed by atoms with van der Waals surface area (Å²) in [5.74, 6) is -0.429. The molecule has 0 fully saturated rings. The molecule has 2 N–H and O–H groups in total. The van der Waals surface area contributed by atoms with Crippen LogP contribution >= 0.6 is 0 Å². The van der Waals surface area contributed by atoms with Crippen molar-refractivity contribution < 1.29 is 27.5 Å². The molecule has 2 aromatic carbocycles. The number of hydrogen-bond donors (Lipinski definition) is 2. The average Bonchev–Trinajstić information content (AvgIpc) is 2.66.